The molecule has 0 saturated carbocycles. The Bertz CT molecular complexity index is 361. The van der Waals surface area contributed by atoms with E-state index in [-0.39, 0.29) is 11.9 Å². The van der Waals surface area contributed by atoms with Gasteiger partial charge in [-0.3, -0.25) is 4.98 Å². The molecular formula is C17H30FN3. The van der Waals surface area contributed by atoms with Crippen molar-refractivity contribution in [2.24, 2.45) is 0 Å². The second-order valence-corrected chi connectivity index (χ2v) is 5.54. The van der Waals surface area contributed by atoms with Crippen molar-refractivity contribution < 1.29 is 4.39 Å². The molecule has 0 aromatic carbocycles. The summed E-state index contributed by atoms with van der Waals surface area (Å²) in [5.41, 5.74) is 0.942. The van der Waals surface area contributed by atoms with E-state index in [1.54, 1.807) is 6.07 Å². The van der Waals surface area contributed by atoms with Gasteiger partial charge in [-0.25, -0.2) is 4.39 Å². The van der Waals surface area contributed by atoms with Gasteiger partial charge in [0.2, 0.25) is 0 Å². The SMILES string of the molecule is CCCNC(CCN(CCC)CCC)c1ccc(F)cn1. The van der Waals surface area contributed by atoms with E-state index in [0.29, 0.717) is 0 Å². The highest BCUT2D eigenvalue weighted by atomic mass is 19.1. The number of aromatic nitrogens is 1. The number of nitrogens with zero attached hydrogens (tertiary/aromatic N) is 2. The summed E-state index contributed by atoms with van der Waals surface area (Å²) < 4.78 is 13.0. The van der Waals surface area contributed by atoms with Gasteiger partial charge < -0.3 is 10.2 Å². The van der Waals surface area contributed by atoms with Gasteiger partial charge in [0.15, 0.2) is 0 Å². The predicted molar refractivity (Wildman–Crippen MR) is 86.9 cm³/mol. The molecule has 0 aliphatic carbocycles. The van der Waals surface area contributed by atoms with E-state index < -0.39 is 0 Å². The maximum absolute atomic E-state index is 13.0. The molecule has 1 aromatic rings. The minimum absolute atomic E-state index is 0.210. The van der Waals surface area contributed by atoms with E-state index in [1.807, 2.05) is 0 Å². The van der Waals surface area contributed by atoms with Crippen LogP contribution in [0.4, 0.5) is 4.39 Å². The second kappa shape index (κ2) is 10.7. The highest BCUT2D eigenvalue weighted by molar-refractivity contribution is 5.10. The first-order valence-electron chi connectivity index (χ1n) is 8.28. The van der Waals surface area contributed by atoms with Gasteiger partial charge in [0, 0.05) is 0 Å². The van der Waals surface area contributed by atoms with Crippen molar-refractivity contribution in [1.29, 1.82) is 0 Å². The largest absolute Gasteiger partial charge is 0.309 e. The molecule has 1 atom stereocenters. The summed E-state index contributed by atoms with van der Waals surface area (Å²) >= 11 is 0. The molecule has 0 amide bonds. The first-order valence-corrected chi connectivity index (χ1v) is 8.28. The zero-order valence-corrected chi connectivity index (χ0v) is 13.7. The zero-order chi connectivity index (χ0) is 15.5. The lowest BCUT2D eigenvalue weighted by molar-refractivity contribution is 0.256. The van der Waals surface area contributed by atoms with Crippen molar-refractivity contribution >= 4 is 0 Å². The molecule has 1 rings (SSSR count). The lowest BCUT2D eigenvalue weighted by Crippen LogP contribution is -2.31. The van der Waals surface area contributed by atoms with Gasteiger partial charge in [-0.2, -0.15) is 0 Å². The number of pyridine rings is 1. The van der Waals surface area contributed by atoms with Crippen LogP contribution in [0.1, 0.15) is 58.2 Å². The Kier molecular flexibility index (Phi) is 9.19. The van der Waals surface area contributed by atoms with Crippen LogP contribution in [0, 0.1) is 5.82 Å². The summed E-state index contributed by atoms with van der Waals surface area (Å²) in [6.07, 6.45) is 5.78. The summed E-state index contributed by atoms with van der Waals surface area (Å²) in [5.74, 6) is -0.272. The number of nitrogens with one attached hydrogen (secondary N) is 1. The highest BCUT2D eigenvalue weighted by Crippen LogP contribution is 2.16. The van der Waals surface area contributed by atoms with Gasteiger partial charge in [0.25, 0.3) is 0 Å². The molecule has 0 radical (unpaired) electrons. The number of rotatable bonds is 11. The summed E-state index contributed by atoms with van der Waals surface area (Å²) in [7, 11) is 0. The summed E-state index contributed by atoms with van der Waals surface area (Å²) in [4.78, 5) is 6.75. The van der Waals surface area contributed by atoms with Crippen LogP contribution in [0.25, 0.3) is 0 Å². The van der Waals surface area contributed by atoms with Crippen LogP contribution in [-0.4, -0.2) is 36.1 Å². The lowest BCUT2D eigenvalue weighted by atomic mass is 10.1. The van der Waals surface area contributed by atoms with Crippen LogP contribution in [0.2, 0.25) is 0 Å². The van der Waals surface area contributed by atoms with Gasteiger partial charge in [-0.1, -0.05) is 20.8 Å². The Hall–Kier alpha value is -1.00. The Morgan fingerprint density at radius 3 is 2.33 bits per heavy atom. The summed E-state index contributed by atoms with van der Waals surface area (Å²) in [6.45, 7) is 10.9. The smallest absolute Gasteiger partial charge is 0.141 e. The molecule has 1 aromatic heterocycles. The molecule has 4 heteroatoms. The molecule has 120 valence electrons. The van der Waals surface area contributed by atoms with E-state index in [0.717, 1.165) is 44.7 Å². The topological polar surface area (TPSA) is 28.2 Å². The third-order valence-corrected chi connectivity index (χ3v) is 3.56. The normalized spacial score (nSPS) is 12.8. The van der Waals surface area contributed by atoms with Crippen molar-refractivity contribution in [3.63, 3.8) is 0 Å². The van der Waals surface area contributed by atoms with Gasteiger partial charge in [0.1, 0.15) is 5.82 Å². The van der Waals surface area contributed by atoms with Gasteiger partial charge in [0.05, 0.1) is 17.9 Å². The quantitative estimate of drug-likeness (QED) is 0.673. The monoisotopic (exact) mass is 295 g/mol. The highest BCUT2D eigenvalue weighted by Gasteiger charge is 2.14. The van der Waals surface area contributed by atoms with Crippen molar-refractivity contribution in [3.05, 3.63) is 29.8 Å². The van der Waals surface area contributed by atoms with Crippen LogP contribution in [0.15, 0.2) is 18.3 Å². The maximum atomic E-state index is 13.0. The fourth-order valence-corrected chi connectivity index (χ4v) is 2.55. The molecule has 0 aliphatic rings. The average molecular weight is 295 g/mol. The van der Waals surface area contributed by atoms with E-state index in [9.17, 15) is 4.39 Å². The molecule has 1 heterocycles. The first-order chi connectivity index (χ1) is 10.2. The minimum atomic E-state index is -0.272. The fraction of sp³-hybridized carbons (Fsp3) is 0.706. The van der Waals surface area contributed by atoms with Gasteiger partial charge >= 0.3 is 0 Å². The third-order valence-electron chi connectivity index (χ3n) is 3.56. The van der Waals surface area contributed by atoms with Crippen molar-refractivity contribution in [2.75, 3.05) is 26.2 Å². The van der Waals surface area contributed by atoms with E-state index >= 15 is 0 Å². The fourth-order valence-electron chi connectivity index (χ4n) is 2.55. The Morgan fingerprint density at radius 1 is 1.10 bits per heavy atom. The molecule has 3 nitrogen and oxygen atoms in total. The Balaban J connectivity index is 2.62. The van der Waals surface area contributed by atoms with Crippen molar-refractivity contribution in [1.82, 2.24) is 15.2 Å². The van der Waals surface area contributed by atoms with Crippen LogP contribution in [-0.2, 0) is 0 Å². The molecule has 1 unspecified atom stereocenters. The molecule has 21 heavy (non-hydrogen) atoms. The molecule has 0 aliphatic heterocycles. The van der Waals surface area contributed by atoms with E-state index in [1.165, 1.54) is 25.1 Å². The lowest BCUT2D eigenvalue weighted by Gasteiger charge is -2.25. The second-order valence-electron chi connectivity index (χ2n) is 5.54. The van der Waals surface area contributed by atoms with E-state index in [2.05, 4.69) is 36.0 Å². The predicted octanol–water partition coefficient (Wildman–Crippen LogP) is 3.77. The Labute approximate surface area is 129 Å². The number of hydrogen-bond donors (Lipinski definition) is 1. The molecule has 0 saturated heterocycles. The number of hydrogen-bond acceptors (Lipinski definition) is 3. The van der Waals surface area contributed by atoms with E-state index in [4.69, 9.17) is 0 Å². The molecular weight excluding hydrogens is 265 g/mol. The minimum Gasteiger partial charge on any atom is -0.309 e. The number of halogens is 1. The summed E-state index contributed by atoms with van der Waals surface area (Å²) in [6, 6.07) is 3.51. The Morgan fingerprint density at radius 2 is 1.81 bits per heavy atom. The van der Waals surface area contributed by atoms with Gasteiger partial charge in [-0.15, -0.1) is 0 Å². The van der Waals surface area contributed by atoms with Gasteiger partial charge in [-0.05, 0) is 64.0 Å². The molecule has 1 N–H and O–H groups in total. The van der Waals surface area contributed by atoms with Crippen LogP contribution >= 0.6 is 0 Å². The molecule has 0 fully saturated rings. The molecule has 0 spiro atoms. The summed E-state index contributed by atoms with van der Waals surface area (Å²) in [5, 5.41) is 3.53. The average Bonchev–Trinajstić information content (AvgIpc) is 2.49. The van der Waals surface area contributed by atoms with Crippen LogP contribution in [0.3, 0.4) is 0 Å². The standard InChI is InChI=1S/C17H30FN3/c1-4-10-19-17(16-8-7-15(18)14-20-16)9-13-21(11-5-2)12-6-3/h7-8,14,17,19H,4-6,9-13H2,1-3H3. The van der Waals surface area contributed by atoms with Crippen LogP contribution in [0.5, 0.6) is 0 Å². The molecule has 0 bridgehead atoms. The van der Waals surface area contributed by atoms with Crippen molar-refractivity contribution in [3.8, 4) is 0 Å². The maximum Gasteiger partial charge on any atom is 0.141 e. The third kappa shape index (κ3) is 7.00. The van der Waals surface area contributed by atoms with Crippen molar-refractivity contribution in [2.45, 2.75) is 52.5 Å². The first kappa shape index (κ1) is 18.1. The zero-order valence-electron chi connectivity index (χ0n) is 13.7. The van der Waals surface area contributed by atoms with Crippen LogP contribution < -0.4 is 5.32 Å².